The summed E-state index contributed by atoms with van der Waals surface area (Å²) in [6, 6.07) is 0.190. The van der Waals surface area contributed by atoms with Crippen molar-refractivity contribution in [2.75, 3.05) is 17.7 Å². The molecule has 1 aliphatic rings. The van der Waals surface area contributed by atoms with Gasteiger partial charge in [0.1, 0.15) is 16.2 Å². The van der Waals surface area contributed by atoms with Gasteiger partial charge in [-0.1, -0.05) is 11.6 Å². The number of imidazole rings is 1. The van der Waals surface area contributed by atoms with Crippen LogP contribution in [0.3, 0.4) is 0 Å². The highest BCUT2D eigenvalue weighted by molar-refractivity contribution is 6.36. The topological polar surface area (TPSA) is 136 Å². The molecule has 0 saturated heterocycles. The number of nitrogens with zero attached hydrogens (tertiary/aromatic N) is 7. The first kappa shape index (κ1) is 25.9. The highest BCUT2D eigenvalue weighted by atomic mass is 35.5. The van der Waals surface area contributed by atoms with Crippen LogP contribution in [-0.2, 0) is 13.2 Å². The molecule has 3 N–H and O–H groups in total. The second kappa shape index (κ2) is 9.38. The minimum Gasteiger partial charge on any atom is -0.450 e. The molecule has 0 aliphatic heterocycles. The van der Waals surface area contributed by atoms with E-state index in [0.29, 0.717) is 22.6 Å². The lowest BCUT2D eigenvalue weighted by molar-refractivity contribution is -0.138. The molecule has 0 spiro atoms. The first-order valence-corrected chi connectivity index (χ1v) is 12.4. The van der Waals surface area contributed by atoms with Gasteiger partial charge in [-0.15, -0.1) is 0 Å². The van der Waals surface area contributed by atoms with E-state index in [-0.39, 0.29) is 40.9 Å². The third kappa shape index (κ3) is 4.26. The van der Waals surface area contributed by atoms with Crippen LogP contribution in [-0.4, -0.2) is 52.0 Å². The Morgan fingerprint density at radius 3 is 2.65 bits per heavy atom. The van der Waals surface area contributed by atoms with Gasteiger partial charge in [-0.25, -0.2) is 14.5 Å². The fraction of sp³-hybridized carbons (Fsp3) is 0.292. The van der Waals surface area contributed by atoms with Crippen LogP contribution in [0, 0.1) is 0 Å². The molecule has 0 bridgehead atoms. The molecule has 6 rings (SSSR count). The lowest BCUT2D eigenvalue weighted by Gasteiger charge is -2.33. The van der Waals surface area contributed by atoms with Crippen LogP contribution in [0.2, 0.25) is 5.02 Å². The number of aliphatic hydroxyl groups excluding tert-OH is 1. The third-order valence-corrected chi connectivity index (χ3v) is 7.12. The van der Waals surface area contributed by atoms with Crippen molar-refractivity contribution in [3.05, 3.63) is 58.0 Å². The maximum atomic E-state index is 13.7. The van der Waals surface area contributed by atoms with Gasteiger partial charge < -0.3 is 29.6 Å². The zero-order chi connectivity index (χ0) is 28.3. The molecule has 1 aliphatic carbocycles. The molecular formula is C24H21ClF3N9O3. The number of aromatic nitrogens is 7. The Bertz CT molecular complexity index is 1830. The number of ether oxygens (including phenoxy) is 1. The number of fused-ring (bicyclic) bond motifs is 2. The van der Waals surface area contributed by atoms with Crippen LogP contribution in [0.1, 0.15) is 24.4 Å². The number of nitrogens with one attached hydrogen (secondary N) is 2. The number of anilines is 3. The predicted octanol–water partition coefficient (Wildman–Crippen LogP) is 4.12. The first-order chi connectivity index (χ1) is 19.0. The number of alkyl halides is 3. The van der Waals surface area contributed by atoms with Gasteiger partial charge in [0.2, 0.25) is 5.95 Å². The average Bonchev–Trinajstić information content (AvgIpc) is 3.45. The van der Waals surface area contributed by atoms with Gasteiger partial charge in [-0.2, -0.15) is 23.3 Å². The molecular weight excluding hydrogens is 555 g/mol. The summed E-state index contributed by atoms with van der Waals surface area (Å²) in [6.07, 6.45) is 1.88. The van der Waals surface area contributed by atoms with Gasteiger partial charge in [0, 0.05) is 38.7 Å². The summed E-state index contributed by atoms with van der Waals surface area (Å²) in [4.78, 5) is 26.0. The van der Waals surface area contributed by atoms with E-state index >= 15 is 0 Å². The van der Waals surface area contributed by atoms with E-state index in [9.17, 15) is 23.1 Å². The Labute approximate surface area is 228 Å². The minimum atomic E-state index is -4.70. The number of pyridine rings is 2. The first-order valence-electron chi connectivity index (χ1n) is 12.0. The van der Waals surface area contributed by atoms with Crippen LogP contribution >= 0.6 is 11.6 Å². The SMILES string of the molecule is CNc1nccn2ncc(Oc3cnc4nc(Nc5cc(C(F)(F)F)cn(C6CC(O)C6)c5=O)n(C)c4c3Cl)c12. The number of rotatable bonds is 6. The summed E-state index contributed by atoms with van der Waals surface area (Å²) < 4.78 is 51.0. The van der Waals surface area contributed by atoms with Crippen LogP contribution in [0.5, 0.6) is 11.5 Å². The summed E-state index contributed by atoms with van der Waals surface area (Å²) in [5, 5.41) is 19.7. The van der Waals surface area contributed by atoms with Gasteiger partial charge in [0.25, 0.3) is 5.56 Å². The Morgan fingerprint density at radius 2 is 1.95 bits per heavy atom. The third-order valence-electron chi connectivity index (χ3n) is 6.76. The zero-order valence-corrected chi connectivity index (χ0v) is 21.7. The van der Waals surface area contributed by atoms with Crippen LogP contribution in [0.4, 0.5) is 30.6 Å². The Balaban J connectivity index is 1.38. The molecule has 0 aromatic carbocycles. The van der Waals surface area contributed by atoms with Crippen LogP contribution < -0.4 is 20.9 Å². The molecule has 12 nitrogen and oxygen atoms in total. The van der Waals surface area contributed by atoms with Gasteiger partial charge in [-0.05, 0) is 18.9 Å². The molecule has 1 fully saturated rings. The van der Waals surface area contributed by atoms with Crippen molar-refractivity contribution >= 4 is 45.7 Å². The number of aryl methyl sites for hydroxylation is 1. The molecule has 5 heterocycles. The maximum Gasteiger partial charge on any atom is 0.417 e. The van der Waals surface area contributed by atoms with Crippen molar-refractivity contribution in [1.82, 2.24) is 33.7 Å². The smallest absolute Gasteiger partial charge is 0.417 e. The zero-order valence-electron chi connectivity index (χ0n) is 20.9. The Hall–Kier alpha value is -4.37. The Morgan fingerprint density at radius 1 is 1.18 bits per heavy atom. The van der Waals surface area contributed by atoms with Crippen molar-refractivity contribution < 1.29 is 23.0 Å². The maximum absolute atomic E-state index is 13.7. The predicted molar refractivity (Wildman–Crippen MR) is 139 cm³/mol. The summed E-state index contributed by atoms with van der Waals surface area (Å²) in [6.45, 7) is 0. The molecule has 0 amide bonds. The number of aliphatic hydroxyl groups is 1. The van der Waals surface area contributed by atoms with Gasteiger partial charge in [0.05, 0.1) is 24.1 Å². The van der Waals surface area contributed by atoms with Crippen molar-refractivity contribution in [3.8, 4) is 11.5 Å². The van der Waals surface area contributed by atoms with E-state index in [1.807, 2.05) is 0 Å². The van der Waals surface area contributed by atoms with Crippen molar-refractivity contribution in [1.29, 1.82) is 0 Å². The highest BCUT2D eigenvalue weighted by Gasteiger charge is 2.36. The normalized spacial score (nSPS) is 17.3. The molecule has 16 heteroatoms. The average molecular weight is 576 g/mol. The quantitative estimate of drug-likeness (QED) is 0.273. The second-order valence-corrected chi connectivity index (χ2v) is 9.67. The van der Waals surface area contributed by atoms with E-state index in [2.05, 4.69) is 30.7 Å². The highest BCUT2D eigenvalue weighted by Crippen LogP contribution is 2.38. The number of hydrogen-bond acceptors (Lipinski definition) is 9. The molecule has 0 unspecified atom stereocenters. The number of halogens is 4. The molecule has 5 aromatic rings. The van der Waals surface area contributed by atoms with Crippen LogP contribution in [0.15, 0.2) is 41.8 Å². The van der Waals surface area contributed by atoms with Gasteiger partial charge in [-0.3, -0.25) is 4.79 Å². The Kier molecular flexibility index (Phi) is 6.07. The fourth-order valence-corrected chi connectivity index (χ4v) is 4.91. The van der Waals surface area contributed by atoms with E-state index in [4.69, 9.17) is 16.3 Å². The van der Waals surface area contributed by atoms with E-state index < -0.39 is 29.4 Å². The number of hydrogen-bond donors (Lipinski definition) is 3. The minimum absolute atomic E-state index is 0.0378. The molecule has 5 aromatic heterocycles. The fourth-order valence-electron chi connectivity index (χ4n) is 4.61. The summed E-state index contributed by atoms with van der Waals surface area (Å²) in [7, 11) is 3.28. The van der Waals surface area contributed by atoms with E-state index in [1.165, 1.54) is 17.0 Å². The van der Waals surface area contributed by atoms with Gasteiger partial charge >= 0.3 is 6.18 Å². The second-order valence-electron chi connectivity index (χ2n) is 9.29. The standard InChI is InChI=1S/C24H21ClF3N9O3/c1-29-20-18-16(9-32-37(18)4-3-30-20)40-15-8-31-21-19(17(15)25)35(2)23(34-21)33-14-5-11(24(26,27)28)10-36(22(14)39)12-6-13(38)7-12/h3-5,8-10,12-13,38H,6-7H2,1-2H3,(H,29,30)(H,31,33,34). The molecule has 0 radical (unpaired) electrons. The largest absolute Gasteiger partial charge is 0.450 e. The lowest BCUT2D eigenvalue weighted by Crippen LogP contribution is -2.37. The summed E-state index contributed by atoms with van der Waals surface area (Å²) in [5.74, 6) is 1.09. The molecule has 208 valence electrons. The lowest BCUT2D eigenvalue weighted by atomic mass is 9.89. The summed E-state index contributed by atoms with van der Waals surface area (Å²) in [5.41, 5.74) is -0.963. The van der Waals surface area contributed by atoms with Crippen molar-refractivity contribution in [2.45, 2.75) is 31.2 Å². The van der Waals surface area contributed by atoms with E-state index in [1.54, 1.807) is 31.0 Å². The van der Waals surface area contributed by atoms with Gasteiger partial charge in [0.15, 0.2) is 28.5 Å². The van der Waals surface area contributed by atoms with E-state index in [0.717, 1.165) is 16.8 Å². The molecule has 0 atom stereocenters. The monoisotopic (exact) mass is 575 g/mol. The van der Waals surface area contributed by atoms with Crippen molar-refractivity contribution in [3.63, 3.8) is 0 Å². The molecule has 40 heavy (non-hydrogen) atoms. The molecule has 1 saturated carbocycles. The van der Waals surface area contributed by atoms with Crippen molar-refractivity contribution in [2.24, 2.45) is 7.05 Å². The van der Waals surface area contributed by atoms with Crippen LogP contribution in [0.25, 0.3) is 16.7 Å². The summed E-state index contributed by atoms with van der Waals surface area (Å²) >= 11 is 6.68.